The predicted octanol–water partition coefficient (Wildman–Crippen LogP) is 4.69. The first-order valence-electron chi connectivity index (χ1n) is 9.38. The van der Waals surface area contributed by atoms with Gasteiger partial charge in [-0.15, -0.1) is 0 Å². The molecule has 2 aromatic carbocycles. The number of fused-ring (bicyclic) bond motifs is 3. The molecule has 0 saturated carbocycles. The van der Waals surface area contributed by atoms with Gasteiger partial charge in [0.05, 0.1) is 18.8 Å². The molecule has 0 spiro atoms. The van der Waals surface area contributed by atoms with E-state index in [1.807, 2.05) is 39.1 Å². The van der Waals surface area contributed by atoms with Gasteiger partial charge in [0, 0.05) is 40.0 Å². The van der Waals surface area contributed by atoms with E-state index in [2.05, 4.69) is 15.8 Å². The van der Waals surface area contributed by atoms with Crippen LogP contribution in [0, 0.1) is 13.8 Å². The molecule has 3 heterocycles. The molecular formula is C22H19F2N3O2. The summed E-state index contributed by atoms with van der Waals surface area (Å²) in [5.74, 6) is -2.37. The van der Waals surface area contributed by atoms with Crippen LogP contribution < -0.4 is 0 Å². The van der Waals surface area contributed by atoms with Gasteiger partial charge in [-0.3, -0.25) is 4.79 Å². The number of benzene rings is 2. The maximum Gasteiger partial charge on any atom is 0.282 e. The number of amides is 1. The molecule has 0 bridgehead atoms. The Bertz CT molecular complexity index is 1280. The molecule has 5 rings (SSSR count). The van der Waals surface area contributed by atoms with Crippen molar-refractivity contribution in [3.8, 4) is 11.1 Å². The first-order valence-corrected chi connectivity index (χ1v) is 9.38. The van der Waals surface area contributed by atoms with Crippen LogP contribution in [0.1, 0.15) is 21.8 Å². The molecular weight excluding hydrogens is 376 g/mol. The molecule has 0 aliphatic carbocycles. The summed E-state index contributed by atoms with van der Waals surface area (Å²) in [5, 5.41) is 5.96. The van der Waals surface area contributed by atoms with Crippen molar-refractivity contribution in [3.63, 3.8) is 0 Å². The normalized spacial score (nSPS) is 15.8. The third kappa shape index (κ3) is 2.64. The second-order valence-corrected chi connectivity index (χ2v) is 7.74. The van der Waals surface area contributed by atoms with E-state index in [4.69, 9.17) is 4.52 Å². The Morgan fingerprint density at radius 2 is 1.83 bits per heavy atom. The van der Waals surface area contributed by atoms with Gasteiger partial charge in [-0.1, -0.05) is 17.3 Å². The number of halogens is 2. The SMILES string of the molecule is Cc1noc(C)c1-c1ccc2c3cc(C(=O)N4CC(F)(F)C4)ccc3n(C)c2c1. The van der Waals surface area contributed by atoms with Gasteiger partial charge in [-0.2, -0.15) is 0 Å². The van der Waals surface area contributed by atoms with Crippen molar-refractivity contribution in [2.45, 2.75) is 19.8 Å². The van der Waals surface area contributed by atoms with E-state index in [1.54, 1.807) is 12.1 Å². The fourth-order valence-electron chi connectivity index (χ4n) is 4.23. The Balaban J connectivity index is 1.61. The van der Waals surface area contributed by atoms with Crippen LogP contribution in [0.4, 0.5) is 8.78 Å². The molecule has 2 aromatic heterocycles. The molecule has 148 valence electrons. The molecule has 0 N–H and O–H groups in total. The van der Waals surface area contributed by atoms with Crippen LogP contribution in [-0.2, 0) is 7.05 Å². The van der Waals surface area contributed by atoms with Crippen LogP contribution in [0.25, 0.3) is 32.9 Å². The number of likely N-dealkylation sites (tertiary alicyclic amines) is 1. The van der Waals surface area contributed by atoms with Crippen molar-refractivity contribution in [3.05, 3.63) is 53.4 Å². The number of alkyl halides is 2. The lowest BCUT2D eigenvalue weighted by Gasteiger charge is -2.38. The number of aryl methyl sites for hydroxylation is 3. The smallest absolute Gasteiger partial charge is 0.282 e. The minimum absolute atomic E-state index is 0.359. The monoisotopic (exact) mass is 395 g/mol. The van der Waals surface area contributed by atoms with Crippen LogP contribution >= 0.6 is 0 Å². The van der Waals surface area contributed by atoms with Crippen molar-refractivity contribution < 1.29 is 18.1 Å². The van der Waals surface area contributed by atoms with Gasteiger partial charge < -0.3 is 14.0 Å². The first kappa shape index (κ1) is 17.8. The average molecular weight is 395 g/mol. The fourth-order valence-corrected chi connectivity index (χ4v) is 4.23. The van der Waals surface area contributed by atoms with Crippen molar-refractivity contribution in [2.24, 2.45) is 7.05 Å². The molecule has 0 atom stereocenters. The Kier molecular flexibility index (Phi) is 3.62. The van der Waals surface area contributed by atoms with Crippen LogP contribution in [0.2, 0.25) is 0 Å². The minimum Gasteiger partial charge on any atom is -0.361 e. The zero-order valence-corrected chi connectivity index (χ0v) is 16.3. The second-order valence-electron chi connectivity index (χ2n) is 7.74. The summed E-state index contributed by atoms with van der Waals surface area (Å²) in [5.41, 5.74) is 5.24. The maximum absolute atomic E-state index is 13.1. The Morgan fingerprint density at radius 1 is 1.07 bits per heavy atom. The second kappa shape index (κ2) is 5.89. The molecule has 1 saturated heterocycles. The van der Waals surface area contributed by atoms with E-state index in [1.165, 1.54) is 4.90 Å². The third-order valence-corrected chi connectivity index (χ3v) is 5.71. The number of aromatic nitrogens is 2. The van der Waals surface area contributed by atoms with Crippen LogP contribution in [0.5, 0.6) is 0 Å². The number of nitrogens with zero attached hydrogens (tertiary/aromatic N) is 3. The van der Waals surface area contributed by atoms with Gasteiger partial charge in [0.25, 0.3) is 11.8 Å². The summed E-state index contributed by atoms with van der Waals surface area (Å²) in [6.07, 6.45) is 0. The lowest BCUT2D eigenvalue weighted by atomic mass is 10.0. The van der Waals surface area contributed by atoms with E-state index in [0.29, 0.717) is 5.56 Å². The highest BCUT2D eigenvalue weighted by Gasteiger charge is 2.46. The summed E-state index contributed by atoms with van der Waals surface area (Å²) in [7, 11) is 1.97. The van der Waals surface area contributed by atoms with Gasteiger partial charge in [0.1, 0.15) is 5.76 Å². The molecule has 0 radical (unpaired) electrons. The zero-order valence-electron chi connectivity index (χ0n) is 16.3. The van der Waals surface area contributed by atoms with E-state index in [0.717, 1.165) is 44.4 Å². The minimum atomic E-state index is -2.77. The predicted molar refractivity (Wildman–Crippen MR) is 106 cm³/mol. The Morgan fingerprint density at radius 3 is 2.48 bits per heavy atom. The molecule has 1 fully saturated rings. The van der Waals surface area contributed by atoms with Crippen molar-refractivity contribution in [1.82, 2.24) is 14.6 Å². The van der Waals surface area contributed by atoms with Gasteiger partial charge in [-0.05, 0) is 43.7 Å². The van der Waals surface area contributed by atoms with Crippen molar-refractivity contribution >= 4 is 27.7 Å². The highest BCUT2D eigenvalue weighted by Crippen LogP contribution is 2.35. The van der Waals surface area contributed by atoms with E-state index in [9.17, 15) is 13.6 Å². The molecule has 7 heteroatoms. The average Bonchev–Trinajstić information content (AvgIpc) is 3.15. The van der Waals surface area contributed by atoms with E-state index in [-0.39, 0.29) is 5.91 Å². The molecule has 29 heavy (non-hydrogen) atoms. The number of rotatable bonds is 2. The number of hydrogen-bond donors (Lipinski definition) is 0. The van der Waals surface area contributed by atoms with Crippen LogP contribution in [0.3, 0.4) is 0 Å². The molecule has 4 aromatic rings. The molecule has 5 nitrogen and oxygen atoms in total. The molecule has 1 aliphatic rings. The Labute approximate surface area is 165 Å². The van der Waals surface area contributed by atoms with Crippen molar-refractivity contribution in [2.75, 3.05) is 13.1 Å². The lowest BCUT2D eigenvalue weighted by Crippen LogP contribution is -2.58. The van der Waals surface area contributed by atoms with E-state index >= 15 is 0 Å². The van der Waals surface area contributed by atoms with Crippen LogP contribution in [-0.4, -0.2) is 39.5 Å². The number of carbonyl (C=O) groups excluding carboxylic acids is 1. The Hall–Kier alpha value is -3.22. The topological polar surface area (TPSA) is 51.3 Å². The quantitative estimate of drug-likeness (QED) is 0.495. The summed E-state index contributed by atoms with van der Waals surface area (Å²) in [6.45, 7) is 2.77. The number of carbonyl (C=O) groups is 1. The lowest BCUT2D eigenvalue weighted by molar-refractivity contribution is -0.113. The summed E-state index contributed by atoms with van der Waals surface area (Å²) in [6, 6.07) is 11.5. The highest BCUT2D eigenvalue weighted by molar-refractivity contribution is 6.11. The summed E-state index contributed by atoms with van der Waals surface area (Å²) >= 11 is 0. The number of hydrogen-bond acceptors (Lipinski definition) is 3. The maximum atomic E-state index is 13.1. The standard InChI is InChI=1S/C22H19F2N3O2/c1-12-20(13(2)29-25-12)14-4-6-16-17-8-15(21(28)27-10-22(23,24)11-27)5-7-18(17)26(3)19(16)9-14/h4-9H,10-11H2,1-3H3. The summed E-state index contributed by atoms with van der Waals surface area (Å²) in [4.78, 5) is 13.7. The fraction of sp³-hybridized carbons (Fsp3) is 0.273. The molecule has 0 unspecified atom stereocenters. The molecule has 1 aliphatic heterocycles. The first-order chi connectivity index (χ1) is 13.7. The van der Waals surface area contributed by atoms with Gasteiger partial charge in [0.15, 0.2) is 0 Å². The van der Waals surface area contributed by atoms with Crippen LogP contribution in [0.15, 0.2) is 40.9 Å². The zero-order chi connectivity index (χ0) is 20.5. The van der Waals surface area contributed by atoms with E-state index < -0.39 is 19.0 Å². The third-order valence-electron chi connectivity index (χ3n) is 5.71. The van der Waals surface area contributed by atoms with Gasteiger partial charge in [0.2, 0.25) is 0 Å². The largest absolute Gasteiger partial charge is 0.361 e. The highest BCUT2D eigenvalue weighted by atomic mass is 19.3. The molecule has 1 amide bonds. The van der Waals surface area contributed by atoms with Gasteiger partial charge in [-0.25, -0.2) is 8.78 Å². The summed E-state index contributed by atoms with van der Waals surface area (Å²) < 4.78 is 33.6. The van der Waals surface area contributed by atoms with Crippen molar-refractivity contribution in [1.29, 1.82) is 0 Å². The van der Waals surface area contributed by atoms with Gasteiger partial charge >= 0.3 is 0 Å².